The van der Waals surface area contributed by atoms with Crippen LogP contribution in [-0.4, -0.2) is 42.4 Å². The number of nitrogens with zero attached hydrogens (tertiary/aromatic N) is 1. The second kappa shape index (κ2) is 9.57. The highest BCUT2D eigenvalue weighted by Crippen LogP contribution is 2.29. The molecule has 0 unspecified atom stereocenters. The summed E-state index contributed by atoms with van der Waals surface area (Å²) in [5, 5.41) is 1.38. The van der Waals surface area contributed by atoms with E-state index in [2.05, 4.69) is 18.7 Å². The summed E-state index contributed by atoms with van der Waals surface area (Å²) in [7, 11) is 0. The molecule has 21 heavy (non-hydrogen) atoms. The molecule has 1 rings (SSSR count). The molecule has 0 fully saturated rings. The lowest BCUT2D eigenvalue weighted by atomic mass is 10.3. The predicted octanol–water partition coefficient (Wildman–Crippen LogP) is 4.36. The predicted molar refractivity (Wildman–Crippen MR) is 90.5 cm³/mol. The number of hydrogen-bond donors (Lipinski definition) is 0. The number of hydrogen-bond acceptors (Lipinski definition) is 4. The molecule has 0 aliphatic rings. The quantitative estimate of drug-likeness (QED) is 0.515. The van der Waals surface area contributed by atoms with Crippen molar-refractivity contribution in [3.63, 3.8) is 0 Å². The van der Waals surface area contributed by atoms with Gasteiger partial charge in [-0.15, -0.1) is 11.8 Å². The van der Waals surface area contributed by atoms with Gasteiger partial charge >= 0.3 is 5.97 Å². The third-order valence-corrected chi connectivity index (χ3v) is 4.61. The smallest absolute Gasteiger partial charge is 0.320 e. The molecule has 0 saturated heterocycles. The van der Waals surface area contributed by atoms with Gasteiger partial charge in [-0.25, -0.2) is 0 Å². The van der Waals surface area contributed by atoms with Crippen molar-refractivity contribution in [1.29, 1.82) is 0 Å². The molecule has 0 amide bonds. The molecule has 3 nitrogen and oxygen atoms in total. The molecule has 0 heterocycles. The van der Waals surface area contributed by atoms with E-state index in [1.807, 2.05) is 13.0 Å². The molecular formula is C15H21Cl2NO2S. The first kappa shape index (κ1) is 18.6. The van der Waals surface area contributed by atoms with Crippen molar-refractivity contribution < 1.29 is 9.53 Å². The van der Waals surface area contributed by atoms with Gasteiger partial charge in [0.1, 0.15) is 0 Å². The maximum absolute atomic E-state index is 11.6. The van der Waals surface area contributed by atoms with Crippen LogP contribution in [0.5, 0.6) is 0 Å². The minimum atomic E-state index is -0.183. The first-order chi connectivity index (χ1) is 9.93. The first-order valence-corrected chi connectivity index (χ1v) is 8.65. The zero-order chi connectivity index (χ0) is 15.8. The fourth-order valence-corrected chi connectivity index (χ4v) is 3.23. The van der Waals surface area contributed by atoms with Crippen LogP contribution in [0.25, 0.3) is 0 Å². The van der Waals surface area contributed by atoms with Crippen molar-refractivity contribution in [2.24, 2.45) is 0 Å². The molecule has 0 saturated carbocycles. The monoisotopic (exact) mass is 349 g/mol. The van der Waals surface area contributed by atoms with Crippen molar-refractivity contribution in [1.82, 2.24) is 4.90 Å². The van der Waals surface area contributed by atoms with Crippen molar-refractivity contribution in [2.75, 3.05) is 25.4 Å². The molecule has 1 aromatic carbocycles. The molecule has 1 aromatic rings. The van der Waals surface area contributed by atoms with Gasteiger partial charge in [-0.1, -0.05) is 23.2 Å². The number of ether oxygens (including phenoxy) is 1. The van der Waals surface area contributed by atoms with Gasteiger partial charge in [-0.05, 0) is 39.0 Å². The van der Waals surface area contributed by atoms with Crippen LogP contribution in [0.1, 0.15) is 20.8 Å². The number of thioether (sulfide) groups is 1. The number of benzene rings is 1. The van der Waals surface area contributed by atoms with Gasteiger partial charge in [-0.3, -0.25) is 9.69 Å². The number of esters is 1. The third-order valence-electron chi connectivity index (χ3n) is 2.90. The third kappa shape index (κ3) is 6.92. The standard InChI is InChI=1S/C15H21Cl2NO2S/c1-4-20-15(19)10-18(11(2)3)7-8-21-14-9-12(16)5-6-13(14)17/h5-6,9,11H,4,7-8,10H2,1-3H3. The zero-order valence-corrected chi connectivity index (χ0v) is 14.9. The highest BCUT2D eigenvalue weighted by molar-refractivity contribution is 7.99. The highest BCUT2D eigenvalue weighted by Gasteiger charge is 2.15. The van der Waals surface area contributed by atoms with E-state index in [-0.39, 0.29) is 12.0 Å². The Morgan fingerprint density at radius 1 is 1.38 bits per heavy atom. The average molecular weight is 350 g/mol. The lowest BCUT2D eigenvalue weighted by molar-refractivity contribution is -0.144. The maximum atomic E-state index is 11.6. The van der Waals surface area contributed by atoms with Crippen LogP contribution in [-0.2, 0) is 9.53 Å². The molecule has 118 valence electrons. The van der Waals surface area contributed by atoms with Crippen LogP contribution < -0.4 is 0 Å². The molecule has 0 aromatic heterocycles. The van der Waals surface area contributed by atoms with Crippen molar-refractivity contribution in [2.45, 2.75) is 31.7 Å². The minimum Gasteiger partial charge on any atom is -0.465 e. The number of carbonyl (C=O) groups excluding carboxylic acids is 1. The van der Waals surface area contributed by atoms with E-state index < -0.39 is 0 Å². The van der Waals surface area contributed by atoms with E-state index in [0.29, 0.717) is 23.2 Å². The molecular weight excluding hydrogens is 329 g/mol. The average Bonchev–Trinajstić information content (AvgIpc) is 2.41. The highest BCUT2D eigenvalue weighted by atomic mass is 35.5. The fourth-order valence-electron chi connectivity index (χ4n) is 1.75. The molecule has 0 bridgehead atoms. The van der Waals surface area contributed by atoms with Gasteiger partial charge in [0.05, 0.1) is 18.2 Å². The number of halogens is 2. The Hall–Kier alpha value is -0.420. The summed E-state index contributed by atoms with van der Waals surface area (Å²) in [6.45, 7) is 7.46. The van der Waals surface area contributed by atoms with Gasteiger partial charge in [0.25, 0.3) is 0 Å². The lowest BCUT2D eigenvalue weighted by Crippen LogP contribution is -2.38. The Labute approximate surface area is 140 Å². The molecule has 0 N–H and O–H groups in total. The van der Waals surface area contributed by atoms with Crippen molar-refractivity contribution >= 4 is 40.9 Å². The first-order valence-electron chi connectivity index (χ1n) is 6.91. The van der Waals surface area contributed by atoms with E-state index in [9.17, 15) is 4.79 Å². The fraction of sp³-hybridized carbons (Fsp3) is 0.533. The van der Waals surface area contributed by atoms with E-state index >= 15 is 0 Å². The van der Waals surface area contributed by atoms with E-state index in [0.717, 1.165) is 17.2 Å². The summed E-state index contributed by atoms with van der Waals surface area (Å²) in [5.41, 5.74) is 0. The Morgan fingerprint density at radius 3 is 2.71 bits per heavy atom. The van der Waals surface area contributed by atoms with Crippen LogP contribution in [0.3, 0.4) is 0 Å². The summed E-state index contributed by atoms with van der Waals surface area (Å²) in [6, 6.07) is 5.71. The molecule has 0 aliphatic heterocycles. The second-order valence-electron chi connectivity index (χ2n) is 4.79. The molecule has 0 radical (unpaired) electrons. The normalized spacial score (nSPS) is 11.2. The molecule has 0 aliphatic carbocycles. The Morgan fingerprint density at radius 2 is 2.10 bits per heavy atom. The van der Waals surface area contributed by atoms with Crippen LogP contribution in [0.15, 0.2) is 23.1 Å². The summed E-state index contributed by atoms with van der Waals surface area (Å²) in [4.78, 5) is 14.6. The Balaban J connectivity index is 2.50. The van der Waals surface area contributed by atoms with Gasteiger partial charge < -0.3 is 4.74 Å². The summed E-state index contributed by atoms with van der Waals surface area (Å²) < 4.78 is 5.00. The summed E-state index contributed by atoms with van der Waals surface area (Å²) in [6.07, 6.45) is 0. The Kier molecular flexibility index (Phi) is 8.49. The number of carbonyl (C=O) groups is 1. The summed E-state index contributed by atoms with van der Waals surface area (Å²) in [5.74, 6) is 0.648. The van der Waals surface area contributed by atoms with Gasteiger partial charge in [0, 0.05) is 28.3 Å². The van der Waals surface area contributed by atoms with Crippen LogP contribution in [0.4, 0.5) is 0 Å². The molecule has 0 spiro atoms. The van der Waals surface area contributed by atoms with E-state index in [4.69, 9.17) is 27.9 Å². The van der Waals surface area contributed by atoms with Gasteiger partial charge in [0.2, 0.25) is 0 Å². The van der Waals surface area contributed by atoms with Crippen LogP contribution >= 0.6 is 35.0 Å². The van der Waals surface area contributed by atoms with Crippen LogP contribution in [0.2, 0.25) is 10.0 Å². The molecule has 6 heteroatoms. The summed E-state index contributed by atoms with van der Waals surface area (Å²) >= 11 is 13.7. The van der Waals surface area contributed by atoms with E-state index in [1.54, 1.807) is 23.9 Å². The zero-order valence-electron chi connectivity index (χ0n) is 12.6. The second-order valence-corrected chi connectivity index (χ2v) is 6.77. The van der Waals surface area contributed by atoms with Crippen LogP contribution in [0, 0.1) is 0 Å². The Bertz CT molecular complexity index is 469. The number of rotatable bonds is 8. The SMILES string of the molecule is CCOC(=O)CN(CCSc1cc(Cl)ccc1Cl)C(C)C. The largest absolute Gasteiger partial charge is 0.465 e. The van der Waals surface area contributed by atoms with E-state index in [1.165, 1.54) is 0 Å². The lowest BCUT2D eigenvalue weighted by Gasteiger charge is -2.25. The maximum Gasteiger partial charge on any atom is 0.320 e. The van der Waals surface area contributed by atoms with Gasteiger partial charge in [-0.2, -0.15) is 0 Å². The molecule has 0 atom stereocenters. The van der Waals surface area contributed by atoms with Gasteiger partial charge in [0.15, 0.2) is 0 Å². The van der Waals surface area contributed by atoms with Crippen molar-refractivity contribution in [3.8, 4) is 0 Å². The van der Waals surface area contributed by atoms with Crippen molar-refractivity contribution in [3.05, 3.63) is 28.2 Å². The minimum absolute atomic E-state index is 0.183. The topological polar surface area (TPSA) is 29.5 Å².